The molecule has 5 heteroatoms. The number of aromatic hydroxyl groups is 1. The van der Waals surface area contributed by atoms with Crippen LogP contribution in [0.1, 0.15) is 17.0 Å². The van der Waals surface area contributed by atoms with Crippen molar-refractivity contribution in [1.29, 1.82) is 0 Å². The number of aromatic nitrogens is 1. The molecule has 1 aliphatic heterocycles. The third kappa shape index (κ3) is 3.84. The van der Waals surface area contributed by atoms with Crippen LogP contribution in [0.2, 0.25) is 0 Å². The Balaban J connectivity index is 0.00000210. The molecule has 4 nitrogen and oxygen atoms in total. The number of hydrogen-bond acceptors (Lipinski definition) is 3. The number of likely N-dealkylation sites (tertiary alicyclic amines) is 1. The minimum atomic E-state index is 0. The van der Waals surface area contributed by atoms with Gasteiger partial charge >= 0.3 is 0 Å². The van der Waals surface area contributed by atoms with Crippen LogP contribution in [0, 0.1) is 0 Å². The van der Waals surface area contributed by atoms with Gasteiger partial charge < -0.3 is 14.6 Å². The van der Waals surface area contributed by atoms with Gasteiger partial charge in [0.15, 0.2) is 0 Å². The van der Waals surface area contributed by atoms with E-state index in [1.165, 1.54) is 22.0 Å². The van der Waals surface area contributed by atoms with Crippen LogP contribution in [0.3, 0.4) is 0 Å². The van der Waals surface area contributed by atoms with Crippen molar-refractivity contribution in [2.75, 3.05) is 27.2 Å². The van der Waals surface area contributed by atoms with E-state index in [0.717, 1.165) is 19.6 Å². The number of hydrogen-bond donors (Lipinski definition) is 1. The van der Waals surface area contributed by atoms with Gasteiger partial charge in [0, 0.05) is 55.7 Å². The highest BCUT2D eigenvalue weighted by Crippen LogP contribution is 2.36. The topological polar surface area (TPSA) is 31.6 Å². The van der Waals surface area contributed by atoms with Crippen LogP contribution in [0.15, 0.2) is 54.7 Å². The first-order valence-corrected chi connectivity index (χ1v) is 9.23. The van der Waals surface area contributed by atoms with Gasteiger partial charge in [-0.3, -0.25) is 4.90 Å². The maximum Gasteiger partial charge on any atom is 0.115 e. The highest BCUT2D eigenvalue weighted by atomic mass is 35.5. The summed E-state index contributed by atoms with van der Waals surface area (Å²) in [4.78, 5) is 4.90. The molecular weight excluding hydrogens is 358 g/mol. The van der Waals surface area contributed by atoms with E-state index in [0.29, 0.717) is 17.7 Å². The van der Waals surface area contributed by atoms with Crippen LogP contribution in [0.5, 0.6) is 5.75 Å². The largest absolute Gasteiger partial charge is 0.508 e. The van der Waals surface area contributed by atoms with Gasteiger partial charge in [-0.15, -0.1) is 12.4 Å². The van der Waals surface area contributed by atoms with Crippen molar-refractivity contribution in [1.82, 2.24) is 14.4 Å². The first-order valence-electron chi connectivity index (χ1n) is 9.23. The van der Waals surface area contributed by atoms with Crippen molar-refractivity contribution < 1.29 is 5.11 Å². The van der Waals surface area contributed by atoms with Crippen molar-refractivity contribution in [3.05, 3.63) is 65.9 Å². The molecule has 2 aromatic carbocycles. The van der Waals surface area contributed by atoms with Crippen LogP contribution in [-0.4, -0.2) is 52.7 Å². The minimum Gasteiger partial charge on any atom is -0.508 e. The number of likely N-dealkylation sites (N-methyl/N-ethyl adjacent to an activating group) is 1. The van der Waals surface area contributed by atoms with Crippen LogP contribution < -0.4 is 0 Å². The van der Waals surface area contributed by atoms with E-state index in [1.807, 2.05) is 12.1 Å². The van der Waals surface area contributed by atoms with Crippen LogP contribution in [-0.2, 0) is 13.6 Å². The molecule has 27 heavy (non-hydrogen) atoms. The van der Waals surface area contributed by atoms with Crippen molar-refractivity contribution in [2.24, 2.45) is 7.05 Å². The van der Waals surface area contributed by atoms with Crippen LogP contribution in [0.25, 0.3) is 10.9 Å². The lowest BCUT2D eigenvalue weighted by Gasteiger charge is -2.25. The summed E-state index contributed by atoms with van der Waals surface area (Å²) >= 11 is 0. The molecule has 144 valence electrons. The van der Waals surface area contributed by atoms with Gasteiger partial charge in [0.25, 0.3) is 0 Å². The second-order valence-electron chi connectivity index (χ2n) is 7.71. The van der Waals surface area contributed by atoms with E-state index in [-0.39, 0.29) is 12.4 Å². The van der Waals surface area contributed by atoms with E-state index in [2.05, 4.69) is 66.0 Å². The van der Waals surface area contributed by atoms with Crippen molar-refractivity contribution in [2.45, 2.75) is 18.5 Å². The molecule has 2 atom stereocenters. The second-order valence-corrected chi connectivity index (χ2v) is 7.71. The summed E-state index contributed by atoms with van der Waals surface area (Å²) in [6.07, 6.45) is 2.32. The Labute approximate surface area is 167 Å². The fraction of sp³-hybridized carbons (Fsp3) is 0.364. The van der Waals surface area contributed by atoms with Gasteiger partial charge in [-0.2, -0.15) is 0 Å². The lowest BCUT2D eigenvalue weighted by molar-refractivity contribution is 0.260. The highest BCUT2D eigenvalue weighted by Gasteiger charge is 2.36. The summed E-state index contributed by atoms with van der Waals surface area (Å²) in [7, 11) is 6.51. The van der Waals surface area contributed by atoms with Gasteiger partial charge in [0.2, 0.25) is 0 Å². The molecule has 1 saturated heterocycles. The lowest BCUT2D eigenvalue weighted by atomic mass is 9.93. The van der Waals surface area contributed by atoms with E-state index < -0.39 is 0 Å². The molecule has 1 N–H and O–H groups in total. The molecule has 1 aliphatic rings. The number of benzene rings is 2. The average Bonchev–Trinajstić information content (AvgIpc) is 3.19. The third-order valence-corrected chi connectivity index (χ3v) is 5.70. The predicted molar refractivity (Wildman–Crippen MR) is 114 cm³/mol. The Kier molecular flexibility index (Phi) is 5.80. The Morgan fingerprint density at radius 1 is 1.04 bits per heavy atom. The number of fused-ring (bicyclic) bond motifs is 1. The second kappa shape index (κ2) is 7.93. The standard InChI is InChI=1S/C22H27N3O.ClH/c1-23(2)22-15-25(12-16-8-10-17(26)11-9-16)14-20(22)19-13-24(3)21-7-5-4-6-18(19)21;/h4-11,13,20,22,26H,12,14-15H2,1-3H3;1H/t20-,22+;/m0./s1. The molecule has 1 fully saturated rings. The third-order valence-electron chi connectivity index (χ3n) is 5.70. The zero-order chi connectivity index (χ0) is 18.3. The SMILES string of the molecule is CN(C)[C@@H]1CN(Cc2ccc(O)cc2)C[C@H]1c1cn(C)c2ccccc12.Cl. The number of aryl methyl sites for hydroxylation is 1. The van der Waals surface area contributed by atoms with Crippen molar-refractivity contribution in [3.8, 4) is 5.75 Å². The predicted octanol–water partition coefficient (Wildman–Crippen LogP) is 3.84. The minimum absolute atomic E-state index is 0. The fourth-order valence-corrected chi connectivity index (χ4v) is 4.35. The van der Waals surface area contributed by atoms with Gasteiger partial charge in [-0.1, -0.05) is 30.3 Å². The molecule has 0 aliphatic carbocycles. The molecule has 0 radical (unpaired) electrons. The molecular formula is C22H28ClN3O. The van der Waals surface area contributed by atoms with Crippen molar-refractivity contribution in [3.63, 3.8) is 0 Å². The molecule has 4 rings (SSSR count). The number of phenolic OH excluding ortho intramolecular Hbond substituents is 1. The molecule has 1 aromatic heterocycles. The van der Waals surface area contributed by atoms with Gasteiger partial charge in [0.1, 0.15) is 5.75 Å². The molecule has 3 aromatic rings. The summed E-state index contributed by atoms with van der Waals surface area (Å²) in [5.41, 5.74) is 4.01. The highest BCUT2D eigenvalue weighted by molar-refractivity contribution is 5.85. The van der Waals surface area contributed by atoms with Gasteiger partial charge in [-0.05, 0) is 43.4 Å². The van der Waals surface area contributed by atoms with E-state index in [1.54, 1.807) is 12.1 Å². The number of halogens is 1. The molecule has 0 amide bonds. The summed E-state index contributed by atoms with van der Waals surface area (Å²) in [6, 6.07) is 16.8. The van der Waals surface area contributed by atoms with Crippen LogP contribution >= 0.6 is 12.4 Å². The Hall–Kier alpha value is -2.01. The first kappa shape index (κ1) is 19.7. The molecule has 0 saturated carbocycles. The summed E-state index contributed by atoms with van der Waals surface area (Å²) in [6.45, 7) is 3.03. The zero-order valence-electron chi connectivity index (χ0n) is 16.2. The maximum atomic E-state index is 9.50. The Morgan fingerprint density at radius 2 is 1.74 bits per heavy atom. The summed E-state index contributed by atoms with van der Waals surface area (Å²) < 4.78 is 2.25. The zero-order valence-corrected chi connectivity index (χ0v) is 17.0. The first-order chi connectivity index (χ1) is 12.5. The van der Waals surface area contributed by atoms with Crippen molar-refractivity contribution >= 4 is 23.3 Å². The Morgan fingerprint density at radius 3 is 2.44 bits per heavy atom. The van der Waals surface area contributed by atoms with E-state index >= 15 is 0 Å². The van der Waals surface area contributed by atoms with E-state index in [4.69, 9.17) is 0 Å². The lowest BCUT2D eigenvalue weighted by Crippen LogP contribution is -2.34. The summed E-state index contributed by atoms with van der Waals surface area (Å²) in [5, 5.41) is 10.9. The maximum absolute atomic E-state index is 9.50. The molecule has 0 bridgehead atoms. The van der Waals surface area contributed by atoms with Crippen LogP contribution in [0.4, 0.5) is 0 Å². The van der Waals surface area contributed by atoms with E-state index in [9.17, 15) is 5.11 Å². The number of phenols is 1. The number of rotatable bonds is 4. The molecule has 0 unspecified atom stereocenters. The quantitative estimate of drug-likeness (QED) is 0.740. The van der Waals surface area contributed by atoms with Gasteiger partial charge in [-0.25, -0.2) is 0 Å². The average molecular weight is 386 g/mol. The fourth-order valence-electron chi connectivity index (χ4n) is 4.35. The Bertz CT molecular complexity index is 904. The summed E-state index contributed by atoms with van der Waals surface area (Å²) in [5.74, 6) is 0.822. The number of para-hydroxylation sites is 1. The number of nitrogens with zero attached hydrogens (tertiary/aromatic N) is 3. The monoisotopic (exact) mass is 385 g/mol. The van der Waals surface area contributed by atoms with Gasteiger partial charge in [0.05, 0.1) is 0 Å². The molecule has 0 spiro atoms. The normalized spacial score (nSPS) is 20.3. The molecule has 2 heterocycles. The smallest absolute Gasteiger partial charge is 0.115 e.